The van der Waals surface area contributed by atoms with E-state index in [1.54, 1.807) is 0 Å². The first-order valence-corrected chi connectivity index (χ1v) is 4.45. The van der Waals surface area contributed by atoms with Gasteiger partial charge in [0.05, 0.1) is 0 Å². The van der Waals surface area contributed by atoms with E-state index >= 15 is 0 Å². The van der Waals surface area contributed by atoms with Crippen molar-refractivity contribution in [2.75, 3.05) is 0 Å². The van der Waals surface area contributed by atoms with Crippen molar-refractivity contribution in [2.24, 2.45) is 0 Å². The fraction of sp³-hybridized carbons (Fsp3) is 0.333. The molecule has 1 aromatic carbocycles. The number of allylic oxidation sites excluding steroid dienone is 1. The van der Waals surface area contributed by atoms with Gasteiger partial charge in [0.25, 0.3) is 0 Å². The van der Waals surface area contributed by atoms with Crippen LogP contribution in [-0.4, -0.2) is 0 Å². The van der Waals surface area contributed by atoms with Gasteiger partial charge < -0.3 is 0 Å². The maximum atomic E-state index is 2.32. The quantitative estimate of drug-likeness (QED) is 0.543. The molecular weight excluding hydrogens is 144 g/mol. The van der Waals surface area contributed by atoms with E-state index in [0.717, 1.165) is 6.42 Å². The van der Waals surface area contributed by atoms with Crippen LogP contribution in [0.15, 0.2) is 17.7 Å². The van der Waals surface area contributed by atoms with E-state index < -0.39 is 0 Å². The molecule has 0 bridgehead atoms. The predicted octanol–water partition coefficient (Wildman–Crippen LogP) is 3.26. The third kappa shape index (κ3) is 0.989. The minimum absolute atomic E-state index is 1.15. The molecule has 1 aliphatic rings. The summed E-state index contributed by atoms with van der Waals surface area (Å²) < 4.78 is 0. The molecular formula is C12H14. The van der Waals surface area contributed by atoms with Crippen LogP contribution in [-0.2, 0) is 6.42 Å². The van der Waals surface area contributed by atoms with Gasteiger partial charge in [-0.15, -0.1) is 0 Å². The Morgan fingerprint density at radius 3 is 2.58 bits per heavy atom. The Balaban J connectivity index is 2.65. The fourth-order valence-electron chi connectivity index (χ4n) is 1.85. The molecule has 62 valence electrons. The van der Waals surface area contributed by atoms with Crippen LogP contribution in [0.5, 0.6) is 0 Å². The molecule has 0 aliphatic heterocycles. The Labute approximate surface area is 73.9 Å². The molecule has 0 spiro atoms. The van der Waals surface area contributed by atoms with Gasteiger partial charge >= 0.3 is 0 Å². The van der Waals surface area contributed by atoms with E-state index in [0.29, 0.717) is 0 Å². The molecule has 0 aromatic heterocycles. The van der Waals surface area contributed by atoms with Crippen LogP contribution in [0.3, 0.4) is 0 Å². The highest BCUT2D eigenvalue weighted by Crippen LogP contribution is 2.28. The first-order chi connectivity index (χ1) is 5.68. The maximum absolute atomic E-state index is 2.32. The Morgan fingerprint density at radius 1 is 1.08 bits per heavy atom. The maximum Gasteiger partial charge on any atom is -0.00605 e. The van der Waals surface area contributed by atoms with E-state index in [1.165, 1.54) is 27.8 Å². The minimum Gasteiger partial charge on any atom is -0.0683 e. The second-order valence-corrected chi connectivity index (χ2v) is 3.75. The second kappa shape index (κ2) is 2.48. The van der Waals surface area contributed by atoms with Gasteiger partial charge in [-0.3, -0.25) is 0 Å². The number of hydrogen-bond donors (Lipinski definition) is 0. The third-order valence-electron chi connectivity index (χ3n) is 2.74. The zero-order valence-corrected chi connectivity index (χ0v) is 7.94. The summed E-state index contributed by atoms with van der Waals surface area (Å²) in [7, 11) is 0. The topological polar surface area (TPSA) is 0 Å². The second-order valence-electron chi connectivity index (χ2n) is 3.75. The van der Waals surface area contributed by atoms with Gasteiger partial charge in [0.1, 0.15) is 0 Å². The molecule has 1 aliphatic carbocycles. The molecule has 0 heterocycles. The highest BCUT2D eigenvalue weighted by Gasteiger charge is 2.11. The average molecular weight is 158 g/mol. The molecule has 0 unspecified atom stereocenters. The average Bonchev–Trinajstić information content (AvgIpc) is 2.39. The van der Waals surface area contributed by atoms with E-state index in [4.69, 9.17) is 0 Å². The predicted molar refractivity (Wildman–Crippen MR) is 53.3 cm³/mol. The molecule has 0 radical (unpaired) electrons. The molecule has 0 atom stereocenters. The Hall–Kier alpha value is -1.04. The van der Waals surface area contributed by atoms with Crippen molar-refractivity contribution in [1.82, 2.24) is 0 Å². The van der Waals surface area contributed by atoms with Gasteiger partial charge in [-0.2, -0.15) is 0 Å². The standard InChI is InChI=1S/C12H14/c1-8-6-11-5-4-9(2)10(3)12(11)7-8/h4-5,7H,6H2,1-3H3. The van der Waals surface area contributed by atoms with Gasteiger partial charge in [0, 0.05) is 0 Å². The Morgan fingerprint density at radius 2 is 1.83 bits per heavy atom. The number of rotatable bonds is 0. The van der Waals surface area contributed by atoms with Crippen LogP contribution in [0.1, 0.15) is 29.2 Å². The highest BCUT2D eigenvalue weighted by molar-refractivity contribution is 5.67. The van der Waals surface area contributed by atoms with E-state index in [9.17, 15) is 0 Å². The first-order valence-electron chi connectivity index (χ1n) is 4.45. The molecule has 0 nitrogen and oxygen atoms in total. The Bertz CT molecular complexity index is 357. The highest BCUT2D eigenvalue weighted by atomic mass is 14.2. The summed E-state index contributed by atoms with van der Waals surface area (Å²) >= 11 is 0. The van der Waals surface area contributed by atoms with E-state index in [1.807, 2.05) is 0 Å². The fourth-order valence-corrected chi connectivity index (χ4v) is 1.85. The molecule has 0 saturated carbocycles. The number of benzene rings is 1. The zero-order chi connectivity index (χ0) is 8.72. The van der Waals surface area contributed by atoms with Crippen molar-refractivity contribution in [3.63, 3.8) is 0 Å². The molecule has 0 N–H and O–H groups in total. The normalized spacial score (nSPS) is 14.4. The molecule has 0 amide bonds. The summed E-state index contributed by atoms with van der Waals surface area (Å²) in [4.78, 5) is 0. The summed E-state index contributed by atoms with van der Waals surface area (Å²) in [6.45, 7) is 6.59. The van der Waals surface area contributed by atoms with Crippen molar-refractivity contribution < 1.29 is 0 Å². The first kappa shape index (κ1) is 7.60. The molecule has 12 heavy (non-hydrogen) atoms. The van der Waals surface area contributed by atoms with Crippen molar-refractivity contribution in [3.05, 3.63) is 40.0 Å². The summed E-state index contributed by atoms with van der Waals surface area (Å²) in [6.07, 6.45) is 3.47. The smallest absolute Gasteiger partial charge is 0.00605 e. The molecule has 0 fully saturated rings. The lowest BCUT2D eigenvalue weighted by molar-refractivity contribution is 1.18. The lowest BCUT2D eigenvalue weighted by Gasteiger charge is -2.05. The molecule has 1 aromatic rings. The molecule has 2 rings (SSSR count). The summed E-state index contributed by atoms with van der Waals surface area (Å²) in [5.74, 6) is 0. The number of hydrogen-bond acceptors (Lipinski definition) is 0. The summed E-state index contributed by atoms with van der Waals surface area (Å²) in [6, 6.07) is 4.48. The van der Waals surface area contributed by atoms with Gasteiger partial charge in [-0.1, -0.05) is 23.8 Å². The monoisotopic (exact) mass is 158 g/mol. The van der Waals surface area contributed by atoms with Gasteiger partial charge in [-0.05, 0) is 49.4 Å². The third-order valence-corrected chi connectivity index (χ3v) is 2.74. The molecule has 0 saturated heterocycles. The molecule has 0 heteroatoms. The van der Waals surface area contributed by atoms with Crippen LogP contribution in [0, 0.1) is 13.8 Å². The van der Waals surface area contributed by atoms with Crippen molar-refractivity contribution in [1.29, 1.82) is 0 Å². The van der Waals surface area contributed by atoms with Crippen LogP contribution in [0.4, 0.5) is 0 Å². The van der Waals surface area contributed by atoms with Gasteiger partial charge in [0.15, 0.2) is 0 Å². The number of aryl methyl sites for hydroxylation is 1. The summed E-state index contributed by atoms with van der Waals surface area (Å²) in [5.41, 5.74) is 7.30. The van der Waals surface area contributed by atoms with Crippen LogP contribution < -0.4 is 0 Å². The minimum atomic E-state index is 1.15. The van der Waals surface area contributed by atoms with Crippen LogP contribution in [0.25, 0.3) is 6.08 Å². The zero-order valence-electron chi connectivity index (χ0n) is 7.94. The lowest BCUT2D eigenvalue weighted by Crippen LogP contribution is -1.89. The number of fused-ring (bicyclic) bond motifs is 1. The van der Waals surface area contributed by atoms with Gasteiger partial charge in [0.2, 0.25) is 0 Å². The van der Waals surface area contributed by atoms with Crippen molar-refractivity contribution in [2.45, 2.75) is 27.2 Å². The van der Waals surface area contributed by atoms with Crippen molar-refractivity contribution in [3.8, 4) is 0 Å². The van der Waals surface area contributed by atoms with Crippen LogP contribution in [0.2, 0.25) is 0 Å². The Kier molecular flexibility index (Phi) is 1.57. The SMILES string of the molecule is CC1=Cc2c(ccc(C)c2C)C1. The summed E-state index contributed by atoms with van der Waals surface area (Å²) in [5, 5.41) is 0. The van der Waals surface area contributed by atoms with Crippen LogP contribution >= 0.6 is 0 Å². The van der Waals surface area contributed by atoms with Gasteiger partial charge in [-0.25, -0.2) is 0 Å². The lowest BCUT2D eigenvalue weighted by atomic mass is 10.00. The van der Waals surface area contributed by atoms with Crippen molar-refractivity contribution >= 4 is 6.08 Å². The van der Waals surface area contributed by atoms with E-state index in [2.05, 4.69) is 39.0 Å². The van der Waals surface area contributed by atoms with E-state index in [-0.39, 0.29) is 0 Å². The largest absolute Gasteiger partial charge is 0.0683 e.